The van der Waals surface area contributed by atoms with Crippen LogP contribution < -0.4 is 10.6 Å². The molecule has 2 amide bonds. The number of nitrogens with one attached hydrogen (secondary N) is 2. The molecule has 0 saturated carbocycles. The molecule has 1 aliphatic rings. The van der Waals surface area contributed by atoms with Crippen molar-refractivity contribution in [2.75, 3.05) is 13.6 Å². The summed E-state index contributed by atoms with van der Waals surface area (Å²) < 4.78 is 0. The number of hydrogen-bond donors (Lipinski definition) is 2. The molecule has 0 radical (unpaired) electrons. The van der Waals surface area contributed by atoms with Crippen molar-refractivity contribution in [3.8, 4) is 0 Å². The summed E-state index contributed by atoms with van der Waals surface area (Å²) in [5.41, 5.74) is 0.675. The van der Waals surface area contributed by atoms with Crippen LogP contribution in [0.1, 0.15) is 19.8 Å². The molecule has 2 unspecified atom stereocenters. The number of hydrogen-bond acceptors (Lipinski definition) is 3. The lowest BCUT2D eigenvalue weighted by molar-refractivity contribution is -0.134. The van der Waals surface area contributed by atoms with E-state index >= 15 is 0 Å². The zero-order valence-corrected chi connectivity index (χ0v) is 12.1. The predicted octanol–water partition coefficient (Wildman–Crippen LogP) is 0.957. The molecule has 1 heterocycles. The molecule has 0 aromatic heterocycles. The molecule has 5 nitrogen and oxygen atoms in total. The SMILES string of the molecule is C=C/C=C(\C=C/C)NC(=O)C1CCC(NC)CN1C=O. The molecule has 0 aliphatic carbocycles. The van der Waals surface area contributed by atoms with Gasteiger partial charge in [0.25, 0.3) is 0 Å². The first kappa shape index (κ1) is 16.2. The number of allylic oxidation sites excluding steroid dienone is 4. The van der Waals surface area contributed by atoms with E-state index < -0.39 is 6.04 Å². The highest BCUT2D eigenvalue weighted by Crippen LogP contribution is 2.16. The quantitative estimate of drug-likeness (QED) is 0.561. The number of carbonyl (C=O) groups excluding carboxylic acids is 2. The first-order chi connectivity index (χ1) is 9.65. The fourth-order valence-corrected chi connectivity index (χ4v) is 2.30. The lowest BCUT2D eigenvalue weighted by Gasteiger charge is -2.36. The third-order valence-electron chi connectivity index (χ3n) is 3.38. The first-order valence-electron chi connectivity index (χ1n) is 6.80. The second-order valence-electron chi connectivity index (χ2n) is 4.73. The minimum Gasteiger partial charge on any atom is -0.332 e. The Bertz CT molecular complexity index is 415. The number of piperidine rings is 1. The highest BCUT2D eigenvalue weighted by Gasteiger charge is 2.31. The van der Waals surface area contributed by atoms with E-state index in [-0.39, 0.29) is 11.9 Å². The normalized spacial score (nSPS) is 23.7. The molecule has 0 spiro atoms. The topological polar surface area (TPSA) is 61.4 Å². The summed E-state index contributed by atoms with van der Waals surface area (Å²) in [5.74, 6) is -0.155. The van der Waals surface area contributed by atoms with Crippen molar-refractivity contribution in [2.24, 2.45) is 0 Å². The van der Waals surface area contributed by atoms with Gasteiger partial charge in [0.05, 0.1) is 0 Å². The Labute approximate surface area is 120 Å². The lowest BCUT2D eigenvalue weighted by Crippen LogP contribution is -2.54. The Balaban J connectivity index is 2.72. The highest BCUT2D eigenvalue weighted by atomic mass is 16.2. The van der Waals surface area contributed by atoms with Crippen molar-refractivity contribution in [1.82, 2.24) is 15.5 Å². The molecule has 110 valence electrons. The third-order valence-corrected chi connectivity index (χ3v) is 3.38. The number of nitrogens with zero attached hydrogens (tertiary/aromatic N) is 1. The fraction of sp³-hybridized carbons (Fsp3) is 0.467. The Morgan fingerprint density at radius 3 is 2.70 bits per heavy atom. The summed E-state index contributed by atoms with van der Waals surface area (Å²) in [6, 6.07) is -0.154. The van der Waals surface area contributed by atoms with Crippen molar-refractivity contribution in [1.29, 1.82) is 0 Å². The van der Waals surface area contributed by atoms with Gasteiger partial charge in [-0.15, -0.1) is 0 Å². The molecule has 5 heteroatoms. The van der Waals surface area contributed by atoms with E-state index in [1.54, 1.807) is 23.1 Å². The van der Waals surface area contributed by atoms with Gasteiger partial charge in [0.1, 0.15) is 6.04 Å². The van der Waals surface area contributed by atoms with E-state index in [2.05, 4.69) is 17.2 Å². The summed E-state index contributed by atoms with van der Waals surface area (Å²) in [6.07, 6.45) is 9.26. The Morgan fingerprint density at radius 2 is 2.15 bits per heavy atom. The van der Waals surface area contributed by atoms with Crippen molar-refractivity contribution >= 4 is 12.3 Å². The van der Waals surface area contributed by atoms with E-state index in [0.29, 0.717) is 18.7 Å². The van der Waals surface area contributed by atoms with Crippen LogP contribution in [0.3, 0.4) is 0 Å². The van der Waals surface area contributed by atoms with Crippen LogP contribution >= 0.6 is 0 Å². The first-order valence-corrected chi connectivity index (χ1v) is 6.80. The molecule has 2 atom stereocenters. The molecular weight excluding hydrogens is 254 g/mol. The second-order valence-corrected chi connectivity index (χ2v) is 4.73. The van der Waals surface area contributed by atoms with E-state index in [1.807, 2.05) is 20.0 Å². The van der Waals surface area contributed by atoms with Crippen LogP contribution in [0.15, 0.2) is 36.6 Å². The van der Waals surface area contributed by atoms with Crippen LogP contribution in [0.25, 0.3) is 0 Å². The number of likely N-dealkylation sites (tertiary alicyclic amines) is 1. The molecule has 0 aromatic rings. The van der Waals surface area contributed by atoms with E-state index in [0.717, 1.165) is 12.8 Å². The molecule has 0 bridgehead atoms. The van der Waals surface area contributed by atoms with E-state index in [4.69, 9.17) is 0 Å². The van der Waals surface area contributed by atoms with Crippen LogP contribution in [0, 0.1) is 0 Å². The maximum Gasteiger partial charge on any atom is 0.247 e. The smallest absolute Gasteiger partial charge is 0.247 e. The molecule has 1 saturated heterocycles. The second kappa shape index (κ2) is 8.32. The predicted molar refractivity (Wildman–Crippen MR) is 79.9 cm³/mol. The van der Waals surface area contributed by atoms with Crippen molar-refractivity contribution in [3.05, 3.63) is 36.6 Å². The van der Waals surface area contributed by atoms with Gasteiger partial charge >= 0.3 is 0 Å². The Kier molecular flexibility index (Phi) is 6.73. The molecule has 2 N–H and O–H groups in total. The summed E-state index contributed by atoms with van der Waals surface area (Å²) in [4.78, 5) is 25.0. The van der Waals surface area contributed by atoms with Crippen molar-refractivity contribution in [2.45, 2.75) is 31.8 Å². The lowest BCUT2D eigenvalue weighted by atomic mass is 9.98. The summed E-state index contributed by atoms with van der Waals surface area (Å²) in [5, 5.41) is 5.97. The van der Waals surface area contributed by atoms with Crippen LogP contribution in [0.2, 0.25) is 0 Å². The van der Waals surface area contributed by atoms with Gasteiger partial charge in [0.15, 0.2) is 0 Å². The van der Waals surface area contributed by atoms with Crippen molar-refractivity contribution < 1.29 is 9.59 Å². The molecule has 1 fully saturated rings. The zero-order chi connectivity index (χ0) is 15.0. The molecule has 1 rings (SSSR count). The van der Waals surface area contributed by atoms with E-state index in [9.17, 15) is 9.59 Å². The monoisotopic (exact) mass is 277 g/mol. The third kappa shape index (κ3) is 4.35. The van der Waals surface area contributed by atoms with Gasteiger partial charge in [0.2, 0.25) is 12.3 Å². The molecule has 20 heavy (non-hydrogen) atoms. The van der Waals surface area contributed by atoms with Crippen LogP contribution in [0.4, 0.5) is 0 Å². The van der Waals surface area contributed by atoms with Crippen LogP contribution in [-0.2, 0) is 9.59 Å². The average molecular weight is 277 g/mol. The zero-order valence-electron chi connectivity index (χ0n) is 12.1. The van der Waals surface area contributed by atoms with Gasteiger partial charge in [-0.1, -0.05) is 18.7 Å². The minimum absolute atomic E-state index is 0.155. The van der Waals surface area contributed by atoms with Gasteiger partial charge in [-0.25, -0.2) is 0 Å². The highest BCUT2D eigenvalue weighted by molar-refractivity contribution is 5.85. The minimum atomic E-state index is -0.407. The van der Waals surface area contributed by atoms with Crippen LogP contribution in [-0.4, -0.2) is 42.9 Å². The average Bonchev–Trinajstić information content (AvgIpc) is 2.46. The Hall–Kier alpha value is -1.88. The van der Waals surface area contributed by atoms with Gasteiger partial charge in [0, 0.05) is 18.3 Å². The Morgan fingerprint density at radius 1 is 1.40 bits per heavy atom. The summed E-state index contributed by atoms with van der Waals surface area (Å²) in [7, 11) is 1.87. The summed E-state index contributed by atoms with van der Waals surface area (Å²) in [6.45, 7) is 6.05. The molecular formula is C15H23N3O2. The maximum absolute atomic E-state index is 12.3. The van der Waals surface area contributed by atoms with E-state index in [1.165, 1.54) is 0 Å². The molecule has 0 aromatic carbocycles. The number of carbonyl (C=O) groups is 2. The fourth-order valence-electron chi connectivity index (χ4n) is 2.30. The van der Waals surface area contributed by atoms with Gasteiger partial charge < -0.3 is 15.5 Å². The van der Waals surface area contributed by atoms with Gasteiger partial charge in [-0.3, -0.25) is 9.59 Å². The number of rotatable bonds is 6. The van der Waals surface area contributed by atoms with Gasteiger partial charge in [-0.05, 0) is 39.0 Å². The maximum atomic E-state index is 12.3. The largest absolute Gasteiger partial charge is 0.332 e. The van der Waals surface area contributed by atoms with Crippen LogP contribution in [0.5, 0.6) is 0 Å². The standard InChI is InChI=1S/C15H23N3O2/c1-4-6-12(7-5-2)17-15(20)14-9-8-13(16-3)10-18(14)11-19/h4-7,11,13-14,16H,1,8-10H2,2-3H3,(H,17,20)/b7-5-,12-6+. The van der Waals surface area contributed by atoms with Gasteiger partial charge in [-0.2, -0.15) is 0 Å². The number of amides is 2. The van der Waals surface area contributed by atoms with Crippen molar-refractivity contribution in [3.63, 3.8) is 0 Å². The number of likely N-dealkylation sites (N-methyl/N-ethyl adjacent to an activating group) is 1. The molecule has 1 aliphatic heterocycles. The summed E-state index contributed by atoms with van der Waals surface area (Å²) >= 11 is 0.